The number of nitrogens with two attached hydrogens (primary N) is 1. The molecule has 4 rings (SSSR count). The fraction of sp³-hybridized carbons (Fsp3) is 0.125. The molecule has 0 saturated heterocycles. The van der Waals surface area contributed by atoms with Crippen molar-refractivity contribution in [3.63, 3.8) is 0 Å². The van der Waals surface area contributed by atoms with Crippen LogP contribution >= 0.6 is 11.3 Å². The first kappa shape index (κ1) is 15.5. The summed E-state index contributed by atoms with van der Waals surface area (Å²) in [5.41, 5.74) is 7.22. The van der Waals surface area contributed by atoms with E-state index in [1.165, 1.54) is 17.4 Å². The van der Waals surface area contributed by atoms with Gasteiger partial charge in [-0.05, 0) is 19.1 Å². The number of benzene rings is 1. The van der Waals surface area contributed by atoms with Crippen molar-refractivity contribution in [2.24, 2.45) is 0 Å². The second-order valence-electron chi connectivity index (χ2n) is 5.45. The number of hydrogen-bond acceptors (Lipinski definition) is 7. The van der Waals surface area contributed by atoms with Gasteiger partial charge < -0.3 is 11.1 Å². The molecule has 0 aliphatic rings. The molecule has 126 valence electrons. The molecule has 4 aromatic rings. The van der Waals surface area contributed by atoms with Crippen molar-refractivity contribution >= 4 is 27.9 Å². The largest absolute Gasteiger partial charge is 0.374 e. The van der Waals surface area contributed by atoms with Crippen LogP contribution in [0.2, 0.25) is 0 Å². The number of fused-ring (bicyclic) bond motifs is 1. The fourth-order valence-corrected chi connectivity index (χ4v) is 3.14. The van der Waals surface area contributed by atoms with Gasteiger partial charge in [-0.25, -0.2) is 9.37 Å². The monoisotopic (exact) mass is 355 g/mol. The van der Waals surface area contributed by atoms with Crippen LogP contribution in [0.25, 0.3) is 16.9 Å². The molecule has 0 amide bonds. The molecular formula is C16H14FN7S. The highest BCUT2D eigenvalue weighted by molar-refractivity contribution is 7.15. The summed E-state index contributed by atoms with van der Waals surface area (Å²) in [6.45, 7) is 1.94. The van der Waals surface area contributed by atoms with Crippen LogP contribution in [0, 0.1) is 5.82 Å². The highest BCUT2D eigenvalue weighted by Gasteiger charge is 2.15. The summed E-state index contributed by atoms with van der Waals surface area (Å²) in [7, 11) is 0. The Kier molecular flexibility index (Phi) is 3.77. The molecule has 1 atom stereocenters. The van der Waals surface area contributed by atoms with E-state index in [1.807, 2.05) is 6.92 Å². The normalized spacial score (nSPS) is 12.4. The average Bonchev–Trinajstić information content (AvgIpc) is 3.24. The lowest BCUT2D eigenvalue weighted by atomic mass is 10.1. The Morgan fingerprint density at radius 3 is 2.84 bits per heavy atom. The minimum atomic E-state index is -0.324. The smallest absolute Gasteiger partial charge is 0.203 e. The van der Waals surface area contributed by atoms with Crippen molar-refractivity contribution in [3.8, 4) is 11.3 Å². The molecule has 0 aliphatic carbocycles. The van der Waals surface area contributed by atoms with E-state index < -0.39 is 0 Å². The third kappa shape index (κ3) is 2.89. The van der Waals surface area contributed by atoms with Gasteiger partial charge in [0.25, 0.3) is 0 Å². The molecule has 7 nitrogen and oxygen atoms in total. The van der Waals surface area contributed by atoms with Crippen molar-refractivity contribution in [1.29, 1.82) is 0 Å². The summed E-state index contributed by atoms with van der Waals surface area (Å²) in [5, 5.41) is 16.6. The molecule has 25 heavy (non-hydrogen) atoms. The minimum absolute atomic E-state index is 0.141. The van der Waals surface area contributed by atoms with Crippen LogP contribution in [0.15, 0.2) is 42.6 Å². The van der Waals surface area contributed by atoms with Gasteiger partial charge in [-0.3, -0.25) is 0 Å². The number of halogens is 1. The Labute approximate surface area is 146 Å². The van der Waals surface area contributed by atoms with Gasteiger partial charge in [0.05, 0.1) is 17.9 Å². The van der Waals surface area contributed by atoms with Crippen LogP contribution in [0.5, 0.6) is 0 Å². The topological polar surface area (TPSA) is 94.0 Å². The molecule has 1 aromatic carbocycles. The Bertz CT molecular complexity index is 1040. The number of anilines is 2. The van der Waals surface area contributed by atoms with Crippen LogP contribution in [-0.2, 0) is 0 Å². The first-order valence-electron chi connectivity index (χ1n) is 7.57. The molecule has 0 aliphatic heterocycles. The van der Waals surface area contributed by atoms with E-state index in [0.717, 1.165) is 5.01 Å². The maximum Gasteiger partial charge on any atom is 0.203 e. The van der Waals surface area contributed by atoms with E-state index in [0.29, 0.717) is 27.9 Å². The Balaban J connectivity index is 1.77. The van der Waals surface area contributed by atoms with Gasteiger partial charge in [0.2, 0.25) is 5.13 Å². The molecule has 3 aromatic heterocycles. The first-order valence-corrected chi connectivity index (χ1v) is 8.38. The summed E-state index contributed by atoms with van der Waals surface area (Å²) < 4.78 is 15.8. The lowest BCUT2D eigenvalue weighted by Gasteiger charge is -2.14. The number of nitrogens with one attached hydrogen (secondary N) is 1. The lowest BCUT2D eigenvalue weighted by molar-refractivity contribution is 0.630. The molecule has 9 heteroatoms. The average molecular weight is 355 g/mol. The first-order chi connectivity index (χ1) is 12.1. The summed E-state index contributed by atoms with van der Waals surface area (Å²) in [6, 6.07) is 9.93. The van der Waals surface area contributed by atoms with Gasteiger partial charge in [-0.2, -0.15) is 9.61 Å². The fourth-order valence-electron chi connectivity index (χ4n) is 2.53. The zero-order chi connectivity index (χ0) is 17.4. The van der Waals surface area contributed by atoms with E-state index >= 15 is 0 Å². The summed E-state index contributed by atoms with van der Waals surface area (Å²) in [6.07, 6.45) is 1.65. The van der Waals surface area contributed by atoms with Crippen molar-refractivity contribution in [2.75, 3.05) is 11.1 Å². The van der Waals surface area contributed by atoms with Crippen LogP contribution in [-0.4, -0.2) is 24.8 Å². The second-order valence-corrected chi connectivity index (χ2v) is 6.49. The van der Waals surface area contributed by atoms with Crippen molar-refractivity contribution in [1.82, 2.24) is 24.8 Å². The second kappa shape index (κ2) is 6.10. The molecule has 3 N–H and O–H groups in total. The standard InChI is InChI=1S/C16H14FN7S/c1-9(15-22-23-16(18)25-15)20-14-8-12(10-4-2-3-5-11(10)17)21-13-6-7-19-24(13)14/h2-9,20H,1H3,(H2,18,23)/t9-/m1/s1. The Hall–Kier alpha value is -3.07. The van der Waals surface area contributed by atoms with Crippen LogP contribution < -0.4 is 11.1 Å². The lowest BCUT2D eigenvalue weighted by Crippen LogP contribution is -2.11. The summed E-state index contributed by atoms with van der Waals surface area (Å²) in [4.78, 5) is 4.49. The van der Waals surface area contributed by atoms with Gasteiger partial charge in [0.15, 0.2) is 5.65 Å². The number of rotatable bonds is 4. The number of aromatic nitrogens is 5. The van der Waals surface area contributed by atoms with E-state index in [4.69, 9.17) is 5.73 Å². The third-order valence-electron chi connectivity index (χ3n) is 3.70. The highest BCUT2D eigenvalue weighted by atomic mass is 32.1. The Morgan fingerprint density at radius 2 is 2.08 bits per heavy atom. The number of hydrogen-bond donors (Lipinski definition) is 2. The molecule has 0 fully saturated rings. The molecular weight excluding hydrogens is 341 g/mol. The Morgan fingerprint density at radius 1 is 1.24 bits per heavy atom. The summed E-state index contributed by atoms with van der Waals surface area (Å²) >= 11 is 1.31. The zero-order valence-corrected chi connectivity index (χ0v) is 14.0. The maximum absolute atomic E-state index is 14.1. The van der Waals surface area contributed by atoms with Gasteiger partial charge in [0, 0.05) is 17.7 Å². The predicted molar refractivity (Wildman–Crippen MR) is 94.7 cm³/mol. The predicted octanol–water partition coefficient (Wildman–Crippen LogP) is 3.14. The highest BCUT2D eigenvalue weighted by Crippen LogP contribution is 2.27. The van der Waals surface area contributed by atoms with Crippen molar-refractivity contribution in [2.45, 2.75) is 13.0 Å². The van der Waals surface area contributed by atoms with E-state index in [-0.39, 0.29) is 11.9 Å². The van der Waals surface area contributed by atoms with Crippen LogP contribution in [0.1, 0.15) is 18.0 Å². The van der Waals surface area contributed by atoms with E-state index in [9.17, 15) is 4.39 Å². The third-order valence-corrected chi connectivity index (χ3v) is 4.64. The number of nitrogen functional groups attached to an aromatic ring is 1. The van der Waals surface area contributed by atoms with E-state index in [1.54, 1.807) is 41.0 Å². The van der Waals surface area contributed by atoms with Crippen LogP contribution in [0.3, 0.4) is 0 Å². The van der Waals surface area contributed by atoms with E-state index in [2.05, 4.69) is 25.6 Å². The molecule has 0 radical (unpaired) electrons. The molecule has 3 heterocycles. The van der Waals surface area contributed by atoms with Gasteiger partial charge >= 0.3 is 0 Å². The zero-order valence-electron chi connectivity index (χ0n) is 13.2. The molecule has 0 bridgehead atoms. The SMILES string of the molecule is C[C@@H](Nc1cc(-c2ccccc2F)nc2ccnn12)c1nnc(N)s1. The van der Waals surface area contributed by atoms with Crippen molar-refractivity contribution < 1.29 is 4.39 Å². The van der Waals surface area contributed by atoms with Crippen molar-refractivity contribution in [3.05, 3.63) is 53.4 Å². The molecule has 0 saturated carbocycles. The van der Waals surface area contributed by atoms with Gasteiger partial charge in [0.1, 0.15) is 16.6 Å². The quantitative estimate of drug-likeness (QED) is 0.584. The molecule has 0 spiro atoms. The van der Waals surface area contributed by atoms with Crippen LogP contribution in [0.4, 0.5) is 15.3 Å². The minimum Gasteiger partial charge on any atom is -0.374 e. The molecule has 0 unspecified atom stereocenters. The summed E-state index contributed by atoms with van der Waals surface area (Å²) in [5.74, 6) is 0.351. The maximum atomic E-state index is 14.1. The van der Waals surface area contributed by atoms with Gasteiger partial charge in [-0.1, -0.05) is 23.5 Å². The van der Waals surface area contributed by atoms with Gasteiger partial charge in [-0.15, -0.1) is 10.2 Å². The number of nitrogens with zero attached hydrogens (tertiary/aromatic N) is 5.